The van der Waals surface area contributed by atoms with Crippen molar-refractivity contribution in [1.82, 2.24) is 0 Å². The summed E-state index contributed by atoms with van der Waals surface area (Å²) >= 11 is 1.48. The lowest BCUT2D eigenvalue weighted by Gasteiger charge is -2.37. The number of nitrogens with zero attached hydrogens (tertiary/aromatic N) is 2. The first kappa shape index (κ1) is 15.4. The Morgan fingerprint density at radius 3 is 2.58 bits per heavy atom. The zero-order valence-electron chi connectivity index (χ0n) is 11.6. The van der Waals surface area contributed by atoms with Gasteiger partial charge in [0.15, 0.2) is 0 Å². The number of hydrogen-bond donors (Lipinski definition) is 1. The second-order valence-electron chi connectivity index (χ2n) is 4.57. The molecule has 0 aliphatic carbocycles. The van der Waals surface area contributed by atoms with Crippen LogP contribution in [-0.2, 0) is 4.79 Å². The van der Waals surface area contributed by atoms with Crippen molar-refractivity contribution in [1.29, 1.82) is 5.26 Å². The van der Waals surface area contributed by atoms with Crippen LogP contribution < -0.4 is 4.90 Å². The van der Waals surface area contributed by atoms with Crippen LogP contribution in [0.3, 0.4) is 0 Å². The summed E-state index contributed by atoms with van der Waals surface area (Å²) in [5, 5.41) is 18.7. The van der Waals surface area contributed by atoms with Crippen LogP contribution in [0.4, 0.5) is 5.69 Å². The van der Waals surface area contributed by atoms with Crippen molar-refractivity contribution >= 4 is 23.4 Å². The molecule has 0 spiro atoms. The van der Waals surface area contributed by atoms with Crippen LogP contribution in [-0.4, -0.2) is 29.4 Å². The average Bonchev–Trinajstić information content (AvgIpc) is 2.38. The van der Waals surface area contributed by atoms with Crippen LogP contribution in [0.1, 0.15) is 26.3 Å². The number of aliphatic carboxylic acids is 1. The molecular formula is C14H18N2O2S. The Labute approximate surface area is 118 Å². The van der Waals surface area contributed by atoms with Crippen LogP contribution in [0.5, 0.6) is 0 Å². The van der Waals surface area contributed by atoms with Crippen LogP contribution >= 0.6 is 11.8 Å². The lowest BCUT2D eigenvalue weighted by molar-refractivity contribution is -0.142. The minimum atomic E-state index is -1.06. The fourth-order valence-electron chi connectivity index (χ4n) is 2.01. The topological polar surface area (TPSA) is 64.3 Å². The summed E-state index contributed by atoms with van der Waals surface area (Å²) in [4.78, 5) is 14.0. The lowest BCUT2D eigenvalue weighted by atomic mass is 10.0. The number of hydrogen-bond acceptors (Lipinski definition) is 4. The highest BCUT2D eigenvalue weighted by Gasteiger charge is 2.35. The fraction of sp³-hybridized carbons (Fsp3) is 0.429. The third-order valence-electron chi connectivity index (χ3n) is 3.14. The second kappa shape index (κ2) is 5.98. The van der Waals surface area contributed by atoms with Crippen molar-refractivity contribution < 1.29 is 9.90 Å². The summed E-state index contributed by atoms with van der Waals surface area (Å²) in [5.41, 5.74) is 0.146. The molecule has 0 aromatic heterocycles. The number of carbonyl (C=O) groups is 1. The van der Waals surface area contributed by atoms with Gasteiger partial charge in [-0.15, -0.1) is 11.8 Å². The molecule has 0 bridgehead atoms. The first-order chi connectivity index (χ1) is 8.89. The molecule has 0 saturated heterocycles. The number of benzene rings is 1. The van der Waals surface area contributed by atoms with Gasteiger partial charge in [0.25, 0.3) is 0 Å². The predicted octanol–water partition coefficient (Wildman–Crippen LogP) is 2.97. The molecule has 19 heavy (non-hydrogen) atoms. The van der Waals surface area contributed by atoms with Gasteiger partial charge in [0.1, 0.15) is 11.6 Å². The number of anilines is 1. The first-order valence-electron chi connectivity index (χ1n) is 5.98. The Hall–Kier alpha value is -1.67. The summed E-state index contributed by atoms with van der Waals surface area (Å²) in [6.07, 6.45) is 1.90. The van der Waals surface area contributed by atoms with E-state index in [2.05, 4.69) is 6.07 Å². The standard InChI is InChI=1S/C14H18N2O2S/c1-5-16(14(2,3)13(17)18)11-7-6-8-12(19-4)10(11)9-15/h6-8H,5H2,1-4H3,(H,17,18). The second-order valence-corrected chi connectivity index (χ2v) is 5.42. The van der Waals surface area contributed by atoms with E-state index >= 15 is 0 Å². The number of rotatable bonds is 5. The predicted molar refractivity (Wildman–Crippen MR) is 77.7 cm³/mol. The summed E-state index contributed by atoms with van der Waals surface area (Å²) < 4.78 is 0. The van der Waals surface area contributed by atoms with Crippen molar-refractivity contribution in [3.05, 3.63) is 23.8 Å². The van der Waals surface area contributed by atoms with Crippen LogP contribution in [0.15, 0.2) is 23.1 Å². The van der Waals surface area contributed by atoms with Crippen LogP contribution in [0.25, 0.3) is 0 Å². The number of nitriles is 1. The smallest absolute Gasteiger partial charge is 0.328 e. The summed E-state index contributed by atoms with van der Waals surface area (Å²) in [6, 6.07) is 7.70. The van der Waals surface area contributed by atoms with Crippen molar-refractivity contribution in [3.63, 3.8) is 0 Å². The van der Waals surface area contributed by atoms with Gasteiger partial charge in [-0.1, -0.05) is 6.07 Å². The largest absolute Gasteiger partial charge is 0.480 e. The first-order valence-corrected chi connectivity index (χ1v) is 7.20. The Kier molecular flexibility index (Phi) is 4.84. The molecule has 0 aliphatic rings. The van der Waals surface area contributed by atoms with Crippen molar-refractivity contribution in [3.8, 4) is 6.07 Å². The van der Waals surface area contributed by atoms with E-state index in [1.165, 1.54) is 11.8 Å². The Morgan fingerprint density at radius 2 is 2.16 bits per heavy atom. The molecule has 102 valence electrons. The van der Waals surface area contributed by atoms with E-state index in [1.807, 2.05) is 25.3 Å². The molecule has 1 aromatic rings. The number of carboxylic acids is 1. The van der Waals surface area contributed by atoms with E-state index in [0.717, 1.165) is 4.90 Å². The third-order valence-corrected chi connectivity index (χ3v) is 3.92. The summed E-state index contributed by atoms with van der Waals surface area (Å²) in [5.74, 6) is -0.909. The van der Waals surface area contributed by atoms with Gasteiger partial charge in [0.05, 0.1) is 11.3 Å². The molecule has 1 rings (SSSR count). The number of likely N-dealkylation sites (N-methyl/N-ethyl adjacent to an activating group) is 1. The molecule has 0 fully saturated rings. The lowest BCUT2D eigenvalue weighted by Crippen LogP contribution is -2.50. The molecule has 4 nitrogen and oxygen atoms in total. The van der Waals surface area contributed by atoms with E-state index in [1.54, 1.807) is 24.8 Å². The minimum absolute atomic E-state index is 0.520. The van der Waals surface area contributed by atoms with E-state index < -0.39 is 11.5 Å². The van der Waals surface area contributed by atoms with E-state index in [-0.39, 0.29) is 0 Å². The van der Waals surface area contributed by atoms with Gasteiger partial charge in [-0.2, -0.15) is 5.26 Å². The highest BCUT2D eigenvalue weighted by atomic mass is 32.2. The maximum atomic E-state index is 11.4. The molecule has 0 saturated carbocycles. The van der Waals surface area contributed by atoms with Gasteiger partial charge in [-0.05, 0) is 39.2 Å². The number of thioether (sulfide) groups is 1. The van der Waals surface area contributed by atoms with Crippen molar-refractivity contribution in [2.24, 2.45) is 0 Å². The number of carboxylic acid groups (broad SMARTS) is 1. The summed E-state index contributed by atoms with van der Waals surface area (Å²) in [7, 11) is 0. The maximum Gasteiger partial charge on any atom is 0.328 e. The van der Waals surface area contributed by atoms with Crippen molar-refractivity contribution in [2.45, 2.75) is 31.2 Å². The summed E-state index contributed by atoms with van der Waals surface area (Å²) in [6.45, 7) is 5.70. The average molecular weight is 278 g/mol. The SMILES string of the molecule is CCN(c1cccc(SC)c1C#N)C(C)(C)C(=O)O. The Morgan fingerprint density at radius 1 is 1.53 bits per heavy atom. The van der Waals surface area contributed by atoms with Gasteiger partial charge >= 0.3 is 5.97 Å². The normalized spacial score (nSPS) is 10.9. The van der Waals surface area contributed by atoms with Crippen LogP contribution in [0, 0.1) is 11.3 Å². The Balaban J connectivity index is 3.43. The molecule has 0 heterocycles. The fourth-order valence-corrected chi connectivity index (χ4v) is 2.58. The monoisotopic (exact) mass is 278 g/mol. The molecule has 0 amide bonds. The molecule has 0 aliphatic heterocycles. The zero-order valence-corrected chi connectivity index (χ0v) is 12.4. The quantitative estimate of drug-likeness (QED) is 0.839. The maximum absolute atomic E-state index is 11.4. The van der Waals surface area contributed by atoms with Crippen molar-refractivity contribution in [2.75, 3.05) is 17.7 Å². The zero-order chi connectivity index (χ0) is 14.6. The van der Waals surface area contributed by atoms with E-state index in [4.69, 9.17) is 0 Å². The van der Waals surface area contributed by atoms with Gasteiger partial charge in [-0.3, -0.25) is 0 Å². The van der Waals surface area contributed by atoms with Gasteiger partial charge < -0.3 is 10.0 Å². The molecule has 0 unspecified atom stereocenters. The van der Waals surface area contributed by atoms with Gasteiger partial charge in [-0.25, -0.2) is 4.79 Å². The third kappa shape index (κ3) is 2.85. The van der Waals surface area contributed by atoms with Gasteiger partial charge in [0, 0.05) is 11.4 Å². The molecule has 1 aromatic carbocycles. The molecular weight excluding hydrogens is 260 g/mol. The Bertz CT molecular complexity index is 521. The van der Waals surface area contributed by atoms with E-state index in [9.17, 15) is 15.2 Å². The van der Waals surface area contributed by atoms with E-state index in [0.29, 0.717) is 17.8 Å². The molecule has 0 radical (unpaired) electrons. The van der Waals surface area contributed by atoms with Gasteiger partial charge in [0.2, 0.25) is 0 Å². The highest BCUT2D eigenvalue weighted by molar-refractivity contribution is 7.98. The molecule has 0 atom stereocenters. The molecule has 1 N–H and O–H groups in total. The van der Waals surface area contributed by atoms with Crippen LogP contribution in [0.2, 0.25) is 0 Å². The molecule has 5 heteroatoms. The minimum Gasteiger partial charge on any atom is -0.480 e. The highest BCUT2D eigenvalue weighted by Crippen LogP contribution is 2.32.